The number of hydrogen-bond acceptors (Lipinski definition) is 3. The normalized spacial score (nSPS) is 11.1. The predicted octanol–water partition coefficient (Wildman–Crippen LogP) is 3.63. The molecule has 0 amide bonds. The van der Waals surface area contributed by atoms with Gasteiger partial charge in [-0.2, -0.15) is 0 Å². The lowest BCUT2D eigenvalue weighted by Gasteiger charge is -2.25. The van der Waals surface area contributed by atoms with Gasteiger partial charge in [-0.05, 0) is 11.8 Å². The van der Waals surface area contributed by atoms with E-state index in [1.54, 1.807) is 30.3 Å². The van der Waals surface area contributed by atoms with Crippen LogP contribution in [0.4, 0.5) is 0 Å². The zero-order valence-electron chi connectivity index (χ0n) is 11.9. The molecule has 1 aromatic carbocycles. The predicted molar refractivity (Wildman–Crippen MR) is 75.0 cm³/mol. The van der Waals surface area contributed by atoms with Gasteiger partial charge in [0.05, 0.1) is 6.61 Å². The van der Waals surface area contributed by atoms with Gasteiger partial charge in [-0.25, -0.2) is 4.79 Å². The number of carbonyl (C=O) groups excluding carboxylic acids is 2. The Morgan fingerprint density at radius 2 is 1.68 bits per heavy atom. The highest BCUT2D eigenvalue weighted by Crippen LogP contribution is 2.29. The number of hydrogen-bond donors (Lipinski definition) is 0. The van der Waals surface area contributed by atoms with Gasteiger partial charge >= 0.3 is 5.97 Å². The van der Waals surface area contributed by atoms with Crippen LogP contribution in [0.25, 0.3) is 0 Å². The van der Waals surface area contributed by atoms with Crippen LogP contribution in [0.2, 0.25) is 0 Å². The molecule has 0 unspecified atom stereocenters. The molecule has 0 fully saturated rings. The van der Waals surface area contributed by atoms with E-state index in [0.717, 1.165) is 19.3 Å². The number of rotatable bonds is 7. The third-order valence-corrected chi connectivity index (χ3v) is 3.87. The van der Waals surface area contributed by atoms with Crippen molar-refractivity contribution in [3.8, 4) is 0 Å². The molecule has 0 saturated heterocycles. The first-order chi connectivity index (χ1) is 9.02. The van der Waals surface area contributed by atoms with Crippen molar-refractivity contribution in [2.75, 3.05) is 6.61 Å². The average Bonchev–Trinajstić information content (AvgIpc) is 2.47. The van der Waals surface area contributed by atoms with Crippen molar-refractivity contribution in [2.45, 2.75) is 40.0 Å². The van der Waals surface area contributed by atoms with Crippen LogP contribution in [0.5, 0.6) is 0 Å². The number of esters is 1. The number of benzene rings is 1. The Kier molecular flexibility index (Phi) is 5.74. The molecular formula is C16H22O3. The fourth-order valence-corrected chi connectivity index (χ4v) is 1.77. The van der Waals surface area contributed by atoms with E-state index in [0.29, 0.717) is 12.2 Å². The molecule has 0 N–H and O–H groups in total. The van der Waals surface area contributed by atoms with Gasteiger partial charge in [-0.1, -0.05) is 63.9 Å². The molecule has 0 aliphatic rings. The van der Waals surface area contributed by atoms with Gasteiger partial charge in [0.25, 0.3) is 5.78 Å². The molecule has 19 heavy (non-hydrogen) atoms. The van der Waals surface area contributed by atoms with Crippen LogP contribution >= 0.6 is 0 Å². The molecule has 0 spiro atoms. The summed E-state index contributed by atoms with van der Waals surface area (Å²) >= 11 is 0. The molecular weight excluding hydrogens is 240 g/mol. The lowest BCUT2D eigenvalue weighted by molar-refractivity contribution is -0.138. The van der Waals surface area contributed by atoms with Gasteiger partial charge in [-0.3, -0.25) is 4.79 Å². The number of ketones is 1. The molecule has 0 atom stereocenters. The highest BCUT2D eigenvalue weighted by Gasteiger charge is 2.22. The van der Waals surface area contributed by atoms with Crippen molar-refractivity contribution < 1.29 is 14.3 Å². The summed E-state index contributed by atoms with van der Waals surface area (Å²) in [6.07, 6.45) is 2.86. The summed E-state index contributed by atoms with van der Waals surface area (Å²) in [4.78, 5) is 23.4. The highest BCUT2D eigenvalue weighted by atomic mass is 16.5. The molecule has 0 aliphatic heterocycles. The third-order valence-electron chi connectivity index (χ3n) is 3.87. The van der Waals surface area contributed by atoms with Crippen molar-refractivity contribution >= 4 is 11.8 Å². The summed E-state index contributed by atoms with van der Waals surface area (Å²) in [5.41, 5.74) is 0.553. The Labute approximate surface area is 115 Å². The highest BCUT2D eigenvalue weighted by molar-refractivity contribution is 6.40. The molecule has 0 aromatic heterocycles. The van der Waals surface area contributed by atoms with Crippen LogP contribution < -0.4 is 0 Å². The van der Waals surface area contributed by atoms with E-state index in [9.17, 15) is 9.59 Å². The van der Waals surface area contributed by atoms with Crippen LogP contribution in [-0.4, -0.2) is 18.4 Å². The number of ether oxygens (including phenoxy) is 1. The van der Waals surface area contributed by atoms with Gasteiger partial charge in [0.15, 0.2) is 0 Å². The molecule has 0 radical (unpaired) electrons. The van der Waals surface area contributed by atoms with Crippen LogP contribution in [0.15, 0.2) is 30.3 Å². The average molecular weight is 262 g/mol. The standard InChI is InChI=1S/C16H22O3/c1-4-16(3,5-2)11-12-19-15(18)14(17)13-9-7-6-8-10-13/h6-10H,4-5,11-12H2,1-3H3. The second-order valence-electron chi connectivity index (χ2n) is 5.10. The van der Waals surface area contributed by atoms with E-state index in [-0.39, 0.29) is 5.41 Å². The Bertz CT molecular complexity index is 419. The third kappa shape index (κ3) is 4.51. The first-order valence-electron chi connectivity index (χ1n) is 6.79. The molecule has 0 aliphatic carbocycles. The van der Waals surface area contributed by atoms with Gasteiger partial charge < -0.3 is 4.74 Å². The summed E-state index contributed by atoms with van der Waals surface area (Å²) in [7, 11) is 0. The second-order valence-corrected chi connectivity index (χ2v) is 5.10. The molecule has 104 valence electrons. The van der Waals surface area contributed by atoms with Gasteiger partial charge in [-0.15, -0.1) is 0 Å². The molecule has 1 aromatic rings. The van der Waals surface area contributed by atoms with Crippen LogP contribution in [0.3, 0.4) is 0 Å². The fraction of sp³-hybridized carbons (Fsp3) is 0.500. The second kappa shape index (κ2) is 7.07. The summed E-state index contributed by atoms with van der Waals surface area (Å²) in [6, 6.07) is 8.49. The van der Waals surface area contributed by atoms with Crippen molar-refractivity contribution in [1.29, 1.82) is 0 Å². The Balaban J connectivity index is 2.46. The lowest BCUT2D eigenvalue weighted by Crippen LogP contribution is -2.22. The largest absolute Gasteiger partial charge is 0.460 e. The quantitative estimate of drug-likeness (QED) is 0.428. The topological polar surface area (TPSA) is 43.4 Å². The summed E-state index contributed by atoms with van der Waals surface area (Å²) in [5, 5.41) is 0. The number of Topliss-reactive ketones (excluding diaryl/α,β-unsaturated/α-hetero) is 1. The van der Waals surface area contributed by atoms with Crippen molar-refractivity contribution in [1.82, 2.24) is 0 Å². The Hall–Kier alpha value is -1.64. The molecule has 1 rings (SSSR count). The summed E-state index contributed by atoms with van der Waals surface area (Å²) < 4.78 is 5.07. The maximum Gasteiger partial charge on any atom is 0.379 e. The summed E-state index contributed by atoms with van der Waals surface area (Å²) in [6.45, 7) is 6.72. The Morgan fingerprint density at radius 1 is 1.11 bits per heavy atom. The van der Waals surface area contributed by atoms with Crippen molar-refractivity contribution in [3.63, 3.8) is 0 Å². The van der Waals surface area contributed by atoms with Crippen molar-refractivity contribution in [3.05, 3.63) is 35.9 Å². The van der Waals surface area contributed by atoms with Crippen LogP contribution in [-0.2, 0) is 9.53 Å². The molecule has 3 heteroatoms. The maximum atomic E-state index is 11.8. The molecule has 0 heterocycles. The van der Waals surface area contributed by atoms with Gasteiger partial charge in [0.1, 0.15) is 0 Å². The fourth-order valence-electron chi connectivity index (χ4n) is 1.77. The first-order valence-corrected chi connectivity index (χ1v) is 6.79. The first kappa shape index (κ1) is 15.4. The van der Waals surface area contributed by atoms with E-state index in [1.807, 2.05) is 0 Å². The molecule has 0 saturated carbocycles. The molecule has 3 nitrogen and oxygen atoms in total. The van der Waals surface area contributed by atoms with Gasteiger partial charge in [0, 0.05) is 5.56 Å². The number of carbonyl (C=O) groups is 2. The van der Waals surface area contributed by atoms with E-state index in [1.165, 1.54) is 0 Å². The summed E-state index contributed by atoms with van der Waals surface area (Å²) in [5.74, 6) is -1.34. The monoisotopic (exact) mass is 262 g/mol. The SMILES string of the molecule is CCC(C)(CC)CCOC(=O)C(=O)c1ccccc1. The molecule has 0 bridgehead atoms. The minimum absolute atomic E-state index is 0.177. The maximum absolute atomic E-state index is 11.8. The van der Waals surface area contributed by atoms with E-state index < -0.39 is 11.8 Å². The van der Waals surface area contributed by atoms with Crippen molar-refractivity contribution in [2.24, 2.45) is 5.41 Å². The minimum Gasteiger partial charge on any atom is -0.460 e. The van der Waals surface area contributed by atoms with E-state index in [2.05, 4.69) is 20.8 Å². The van der Waals surface area contributed by atoms with Crippen LogP contribution in [0, 0.1) is 5.41 Å². The van der Waals surface area contributed by atoms with Gasteiger partial charge in [0.2, 0.25) is 0 Å². The zero-order valence-corrected chi connectivity index (χ0v) is 11.9. The lowest BCUT2D eigenvalue weighted by atomic mass is 9.82. The van der Waals surface area contributed by atoms with E-state index in [4.69, 9.17) is 4.74 Å². The van der Waals surface area contributed by atoms with Crippen LogP contribution in [0.1, 0.15) is 50.4 Å². The Morgan fingerprint density at radius 3 is 2.21 bits per heavy atom. The smallest absolute Gasteiger partial charge is 0.379 e. The zero-order chi connectivity index (χ0) is 14.3. The minimum atomic E-state index is -0.763. The van der Waals surface area contributed by atoms with E-state index >= 15 is 0 Å².